The quantitative estimate of drug-likeness (QED) is 0.364. The van der Waals surface area contributed by atoms with Gasteiger partial charge in [-0.1, -0.05) is 0 Å². The Morgan fingerprint density at radius 1 is 1.21 bits per heavy atom. The molecule has 3 aromatic rings. The van der Waals surface area contributed by atoms with Gasteiger partial charge in [-0.2, -0.15) is 4.39 Å². The zero-order valence-corrected chi connectivity index (χ0v) is 17.5. The molecule has 0 saturated carbocycles. The van der Waals surface area contributed by atoms with Crippen molar-refractivity contribution >= 4 is 46.4 Å². The van der Waals surface area contributed by atoms with Gasteiger partial charge in [0.05, 0.1) is 4.21 Å². The number of pyridine rings is 1. The van der Waals surface area contributed by atoms with Crippen molar-refractivity contribution in [3.05, 3.63) is 58.9 Å². The highest BCUT2D eigenvalue weighted by molar-refractivity contribution is 8.02. The normalized spacial score (nSPS) is 10.6. The van der Waals surface area contributed by atoms with Crippen LogP contribution in [0.5, 0.6) is 0 Å². The molecular weight excluding hydrogens is 437 g/mol. The molecule has 152 valence electrons. The molecule has 0 radical (unpaired) electrons. The first kappa shape index (κ1) is 22.7. The lowest BCUT2D eigenvalue weighted by atomic mass is 10.1. The van der Waals surface area contributed by atoms with Crippen molar-refractivity contribution in [2.24, 2.45) is 0 Å². The van der Waals surface area contributed by atoms with E-state index in [0.717, 1.165) is 25.5 Å². The van der Waals surface area contributed by atoms with Gasteiger partial charge in [0.15, 0.2) is 4.34 Å². The van der Waals surface area contributed by atoms with Crippen LogP contribution in [0.3, 0.4) is 0 Å². The number of thiazole rings is 1. The van der Waals surface area contributed by atoms with Gasteiger partial charge < -0.3 is 15.5 Å². The van der Waals surface area contributed by atoms with Gasteiger partial charge in [0, 0.05) is 52.5 Å². The summed E-state index contributed by atoms with van der Waals surface area (Å²) in [6.45, 7) is 0.762. The Kier molecular flexibility index (Phi) is 8.93. The van der Waals surface area contributed by atoms with E-state index in [2.05, 4.69) is 15.3 Å². The summed E-state index contributed by atoms with van der Waals surface area (Å²) in [6.07, 6.45) is 4.36. The molecule has 0 aromatic carbocycles. The molecule has 0 atom stereocenters. The van der Waals surface area contributed by atoms with Gasteiger partial charge in [-0.3, -0.25) is 0 Å². The van der Waals surface area contributed by atoms with Crippen LogP contribution in [-0.4, -0.2) is 39.2 Å². The predicted octanol–water partition coefficient (Wildman–Crippen LogP) is 3.99. The van der Waals surface area contributed by atoms with Gasteiger partial charge in [0.2, 0.25) is 5.95 Å². The largest absolute Gasteiger partial charge is 0.478 e. The Morgan fingerprint density at radius 2 is 1.93 bits per heavy atom. The molecule has 0 amide bonds. The van der Waals surface area contributed by atoms with Crippen LogP contribution in [0.15, 0.2) is 56.7 Å². The van der Waals surface area contributed by atoms with E-state index in [-0.39, 0.29) is 0 Å². The van der Waals surface area contributed by atoms with Crippen LogP contribution in [-0.2, 0) is 16.1 Å². The highest BCUT2D eigenvalue weighted by Gasteiger charge is 2.16. The first-order valence-electron chi connectivity index (χ1n) is 8.00. The number of thiophene rings is 1. The molecule has 3 heterocycles. The fourth-order valence-electron chi connectivity index (χ4n) is 2.02. The van der Waals surface area contributed by atoms with Crippen LogP contribution in [0, 0.1) is 5.95 Å². The number of hydrogen-bond donors (Lipinski definition) is 3. The Hall–Kier alpha value is -2.60. The molecule has 0 unspecified atom stereocenters. The first-order chi connectivity index (χ1) is 13.9. The van der Waals surface area contributed by atoms with Gasteiger partial charge in [-0.25, -0.2) is 19.6 Å². The minimum atomic E-state index is -1.26. The van der Waals surface area contributed by atoms with Crippen LogP contribution in [0.1, 0.15) is 4.88 Å². The zero-order valence-electron chi connectivity index (χ0n) is 15.0. The topological polar surface area (TPSA) is 112 Å². The van der Waals surface area contributed by atoms with Crippen LogP contribution >= 0.6 is 34.4 Å². The van der Waals surface area contributed by atoms with E-state index in [1.165, 1.54) is 6.20 Å². The lowest BCUT2D eigenvalue weighted by Crippen LogP contribution is -2.02. The van der Waals surface area contributed by atoms with Crippen LogP contribution in [0.25, 0.3) is 11.1 Å². The second-order valence-corrected chi connectivity index (χ2v) is 8.74. The molecule has 0 bridgehead atoms. The molecule has 7 nitrogen and oxygen atoms in total. The average Bonchev–Trinajstić information content (AvgIpc) is 3.32. The summed E-state index contributed by atoms with van der Waals surface area (Å²) in [7, 11) is 1.90. The van der Waals surface area contributed by atoms with Crippen LogP contribution < -0.4 is 5.32 Å². The third-order valence-electron chi connectivity index (χ3n) is 3.11. The molecule has 3 N–H and O–H groups in total. The van der Waals surface area contributed by atoms with Crippen molar-refractivity contribution in [1.29, 1.82) is 0 Å². The Balaban J connectivity index is 0.000000321. The first-order valence-corrected chi connectivity index (χ1v) is 10.5. The summed E-state index contributed by atoms with van der Waals surface area (Å²) in [5.41, 5.74) is 1.42. The SMILES string of the molecule is CNCc1cc(-c2cccnc2F)c(Sc2nccs2)s1.O=C(O)/C=C/C(=O)O. The lowest BCUT2D eigenvalue weighted by molar-refractivity contribution is -0.134. The fourth-order valence-corrected chi connectivity index (χ4v) is 5.33. The molecule has 11 heteroatoms. The number of carboxylic acids is 2. The van der Waals surface area contributed by atoms with Gasteiger partial charge in [0.25, 0.3) is 0 Å². The maximum absolute atomic E-state index is 14.0. The van der Waals surface area contributed by atoms with E-state index >= 15 is 0 Å². The number of rotatable bonds is 7. The minimum absolute atomic E-state index is 0.438. The Bertz CT molecular complexity index is 974. The maximum Gasteiger partial charge on any atom is 0.328 e. The molecule has 0 aliphatic rings. The molecule has 0 fully saturated rings. The number of nitrogens with zero attached hydrogens (tertiary/aromatic N) is 2. The lowest BCUT2D eigenvalue weighted by Gasteiger charge is -2.02. The van der Waals surface area contributed by atoms with Crippen molar-refractivity contribution in [3.63, 3.8) is 0 Å². The van der Waals surface area contributed by atoms with Gasteiger partial charge >= 0.3 is 11.9 Å². The minimum Gasteiger partial charge on any atom is -0.478 e. The summed E-state index contributed by atoms with van der Waals surface area (Å²) < 4.78 is 16.0. The van der Waals surface area contributed by atoms with E-state index in [1.807, 2.05) is 18.5 Å². The second kappa shape index (κ2) is 11.4. The third-order valence-corrected chi connectivity index (χ3v) is 6.33. The molecule has 3 rings (SSSR count). The number of halogens is 1. The van der Waals surface area contributed by atoms with E-state index < -0.39 is 17.9 Å². The van der Waals surface area contributed by atoms with E-state index in [0.29, 0.717) is 17.7 Å². The number of hydrogen-bond acceptors (Lipinski definition) is 8. The third kappa shape index (κ3) is 7.38. The van der Waals surface area contributed by atoms with Crippen molar-refractivity contribution < 1.29 is 24.2 Å². The molecular formula is C18H16FN3O4S3. The Morgan fingerprint density at radius 3 is 2.48 bits per heavy atom. The molecule has 3 aromatic heterocycles. The summed E-state index contributed by atoms with van der Waals surface area (Å²) in [5, 5.41) is 20.7. The highest BCUT2D eigenvalue weighted by Crippen LogP contribution is 2.43. The van der Waals surface area contributed by atoms with E-state index in [1.54, 1.807) is 52.8 Å². The monoisotopic (exact) mass is 453 g/mol. The number of aliphatic carboxylic acids is 2. The van der Waals surface area contributed by atoms with Crippen molar-refractivity contribution in [2.75, 3.05) is 7.05 Å². The van der Waals surface area contributed by atoms with Gasteiger partial charge in [0.1, 0.15) is 0 Å². The smallest absolute Gasteiger partial charge is 0.328 e. The predicted molar refractivity (Wildman–Crippen MR) is 111 cm³/mol. The Labute approximate surface area is 178 Å². The summed E-state index contributed by atoms with van der Waals surface area (Å²) in [6, 6.07) is 5.54. The molecule has 0 aliphatic carbocycles. The van der Waals surface area contributed by atoms with Crippen molar-refractivity contribution in [2.45, 2.75) is 15.1 Å². The standard InChI is InChI=1S/C14H12FN3S3.C4H4O4/c1-16-8-9-7-11(10-3-2-4-17-12(10)15)13(20-9)21-14-18-5-6-19-14;5-3(6)1-2-4(7)8/h2-7,16H,8H2,1H3;1-2H,(H,5,6)(H,7,8)/b;2-1+. The summed E-state index contributed by atoms with van der Waals surface area (Å²) in [4.78, 5) is 28.3. The highest BCUT2D eigenvalue weighted by atomic mass is 32.2. The van der Waals surface area contributed by atoms with E-state index in [9.17, 15) is 14.0 Å². The van der Waals surface area contributed by atoms with Crippen LogP contribution in [0.2, 0.25) is 0 Å². The second-order valence-electron chi connectivity index (χ2n) is 5.20. The number of carboxylic acid groups (broad SMARTS) is 2. The van der Waals surface area contributed by atoms with Gasteiger partial charge in [-0.05, 0) is 37.0 Å². The van der Waals surface area contributed by atoms with Crippen LogP contribution in [0.4, 0.5) is 4.39 Å². The van der Waals surface area contributed by atoms with Crippen molar-refractivity contribution in [1.82, 2.24) is 15.3 Å². The molecule has 0 aliphatic heterocycles. The van der Waals surface area contributed by atoms with Gasteiger partial charge in [-0.15, -0.1) is 22.7 Å². The average molecular weight is 454 g/mol. The molecule has 0 saturated heterocycles. The van der Waals surface area contributed by atoms with Crippen molar-refractivity contribution in [3.8, 4) is 11.1 Å². The maximum atomic E-state index is 14.0. The number of carbonyl (C=O) groups is 2. The molecule has 29 heavy (non-hydrogen) atoms. The zero-order chi connectivity index (χ0) is 21.2. The van der Waals surface area contributed by atoms with E-state index in [4.69, 9.17) is 10.2 Å². The fraction of sp³-hybridized carbons (Fsp3) is 0.111. The summed E-state index contributed by atoms with van der Waals surface area (Å²) in [5.74, 6) is -2.95. The number of aromatic nitrogens is 2. The molecule has 0 spiro atoms. The number of nitrogens with one attached hydrogen (secondary N) is 1. The summed E-state index contributed by atoms with van der Waals surface area (Å²) >= 11 is 4.82.